The molecule has 0 spiro atoms. The van der Waals surface area contributed by atoms with Gasteiger partial charge in [0.15, 0.2) is 0 Å². The Morgan fingerprint density at radius 3 is 2.64 bits per heavy atom. The van der Waals surface area contributed by atoms with Crippen LogP contribution in [0.3, 0.4) is 0 Å². The molecule has 6 heteroatoms. The molecule has 0 aliphatic rings. The SMILES string of the molecule is Cc1cc(C(=O)NO)cc([N+](=O)[O-])c1. The number of nitrogens with zero attached hydrogens (tertiary/aromatic N) is 1. The number of rotatable bonds is 2. The first-order chi connectivity index (χ1) is 6.54. The van der Waals surface area contributed by atoms with Gasteiger partial charge in [0.2, 0.25) is 0 Å². The van der Waals surface area contributed by atoms with Crippen LogP contribution in [-0.2, 0) is 0 Å². The first-order valence-electron chi connectivity index (χ1n) is 3.75. The molecule has 1 amide bonds. The number of non-ortho nitro benzene ring substituents is 1. The monoisotopic (exact) mass is 196 g/mol. The fourth-order valence-corrected chi connectivity index (χ4v) is 1.06. The maximum Gasteiger partial charge on any atom is 0.274 e. The van der Waals surface area contributed by atoms with Crippen LogP contribution in [-0.4, -0.2) is 16.0 Å². The van der Waals surface area contributed by atoms with E-state index in [0.717, 1.165) is 6.07 Å². The molecule has 6 nitrogen and oxygen atoms in total. The van der Waals surface area contributed by atoms with E-state index in [2.05, 4.69) is 0 Å². The highest BCUT2D eigenvalue weighted by Gasteiger charge is 2.12. The molecular formula is C8H8N2O4. The third kappa shape index (κ3) is 2.05. The van der Waals surface area contributed by atoms with Crippen LogP contribution in [0.4, 0.5) is 5.69 Å². The van der Waals surface area contributed by atoms with Gasteiger partial charge < -0.3 is 0 Å². The topological polar surface area (TPSA) is 92.5 Å². The molecule has 1 aromatic rings. The highest BCUT2D eigenvalue weighted by Crippen LogP contribution is 2.16. The zero-order chi connectivity index (χ0) is 10.7. The summed E-state index contributed by atoms with van der Waals surface area (Å²) in [7, 11) is 0. The Labute approximate surface area is 79.3 Å². The minimum absolute atomic E-state index is 0.0548. The minimum atomic E-state index is -0.767. The van der Waals surface area contributed by atoms with Crippen molar-refractivity contribution in [3.8, 4) is 0 Å². The van der Waals surface area contributed by atoms with E-state index < -0.39 is 10.8 Å². The molecule has 0 aromatic heterocycles. The van der Waals surface area contributed by atoms with Gasteiger partial charge in [-0.15, -0.1) is 0 Å². The van der Waals surface area contributed by atoms with Crippen LogP contribution in [0.2, 0.25) is 0 Å². The van der Waals surface area contributed by atoms with Crippen LogP contribution >= 0.6 is 0 Å². The van der Waals surface area contributed by atoms with Crippen molar-refractivity contribution < 1.29 is 14.9 Å². The number of nitro groups is 1. The van der Waals surface area contributed by atoms with Crippen molar-refractivity contribution >= 4 is 11.6 Å². The third-order valence-electron chi connectivity index (χ3n) is 1.64. The number of hydroxylamine groups is 1. The fourth-order valence-electron chi connectivity index (χ4n) is 1.06. The van der Waals surface area contributed by atoms with E-state index in [0.29, 0.717) is 5.56 Å². The normalized spacial score (nSPS) is 9.57. The average molecular weight is 196 g/mol. The van der Waals surface area contributed by atoms with Gasteiger partial charge in [-0.1, -0.05) is 0 Å². The van der Waals surface area contributed by atoms with E-state index in [1.54, 1.807) is 6.92 Å². The molecule has 0 atom stereocenters. The van der Waals surface area contributed by atoms with Gasteiger partial charge in [0.05, 0.1) is 4.92 Å². The Hall–Kier alpha value is -1.95. The summed E-state index contributed by atoms with van der Waals surface area (Å²) in [5.41, 5.74) is 1.87. The minimum Gasteiger partial charge on any atom is -0.288 e. The van der Waals surface area contributed by atoms with E-state index in [9.17, 15) is 14.9 Å². The summed E-state index contributed by atoms with van der Waals surface area (Å²) in [6.07, 6.45) is 0. The zero-order valence-electron chi connectivity index (χ0n) is 7.35. The summed E-state index contributed by atoms with van der Waals surface area (Å²) in [6, 6.07) is 3.88. The third-order valence-corrected chi connectivity index (χ3v) is 1.64. The van der Waals surface area contributed by atoms with Crippen LogP contribution in [0, 0.1) is 17.0 Å². The Bertz CT molecular complexity index is 389. The van der Waals surface area contributed by atoms with Gasteiger partial charge in [0.1, 0.15) is 0 Å². The molecular weight excluding hydrogens is 188 g/mol. The van der Waals surface area contributed by atoms with Crippen molar-refractivity contribution in [2.24, 2.45) is 0 Å². The molecule has 14 heavy (non-hydrogen) atoms. The van der Waals surface area contributed by atoms with Gasteiger partial charge >= 0.3 is 0 Å². The van der Waals surface area contributed by atoms with Crippen LogP contribution in [0.1, 0.15) is 15.9 Å². The molecule has 0 bridgehead atoms. The number of amides is 1. The van der Waals surface area contributed by atoms with Crippen molar-refractivity contribution in [1.29, 1.82) is 0 Å². The van der Waals surface area contributed by atoms with E-state index in [-0.39, 0.29) is 11.3 Å². The van der Waals surface area contributed by atoms with E-state index in [4.69, 9.17) is 5.21 Å². The summed E-state index contributed by atoms with van der Waals surface area (Å²) < 4.78 is 0. The first-order valence-corrected chi connectivity index (χ1v) is 3.75. The molecule has 0 unspecified atom stereocenters. The molecule has 0 heterocycles. The number of nitro benzene ring substituents is 1. The van der Waals surface area contributed by atoms with Gasteiger partial charge in [0.25, 0.3) is 11.6 Å². The molecule has 0 saturated heterocycles. The first kappa shape index (κ1) is 10.1. The van der Waals surface area contributed by atoms with Gasteiger partial charge in [0, 0.05) is 17.7 Å². The predicted molar refractivity (Wildman–Crippen MR) is 47.1 cm³/mol. The molecule has 74 valence electrons. The smallest absolute Gasteiger partial charge is 0.274 e. The summed E-state index contributed by atoms with van der Waals surface area (Å²) in [6.45, 7) is 1.63. The standard InChI is InChI=1S/C8H8N2O4/c1-5-2-6(8(11)9-12)4-7(3-5)10(13)14/h2-4,12H,1H3,(H,9,11). The molecule has 1 rings (SSSR count). The van der Waals surface area contributed by atoms with Gasteiger partial charge in [-0.3, -0.25) is 20.1 Å². The predicted octanol–water partition coefficient (Wildman–Crippen LogP) is 1.02. The van der Waals surface area contributed by atoms with Crippen molar-refractivity contribution in [1.82, 2.24) is 5.48 Å². The van der Waals surface area contributed by atoms with Crippen molar-refractivity contribution in [2.45, 2.75) is 6.92 Å². The average Bonchev–Trinajstić information content (AvgIpc) is 2.15. The molecule has 0 aliphatic heterocycles. The van der Waals surface area contributed by atoms with Crippen molar-refractivity contribution in [3.63, 3.8) is 0 Å². The number of aryl methyl sites for hydroxylation is 1. The number of carbonyl (C=O) groups is 1. The summed E-state index contributed by atoms with van der Waals surface area (Å²) in [5, 5.41) is 18.8. The summed E-state index contributed by atoms with van der Waals surface area (Å²) in [5.74, 6) is -0.767. The van der Waals surface area contributed by atoms with Crippen molar-refractivity contribution in [2.75, 3.05) is 0 Å². The van der Waals surface area contributed by atoms with Crippen LogP contribution < -0.4 is 5.48 Å². The highest BCUT2D eigenvalue weighted by molar-refractivity contribution is 5.94. The lowest BCUT2D eigenvalue weighted by Gasteiger charge is -2.00. The van der Waals surface area contributed by atoms with Gasteiger partial charge in [-0.2, -0.15) is 0 Å². The molecule has 0 saturated carbocycles. The zero-order valence-corrected chi connectivity index (χ0v) is 7.35. The van der Waals surface area contributed by atoms with Crippen LogP contribution in [0.5, 0.6) is 0 Å². The van der Waals surface area contributed by atoms with E-state index >= 15 is 0 Å². The van der Waals surface area contributed by atoms with Crippen molar-refractivity contribution in [3.05, 3.63) is 39.4 Å². The molecule has 0 radical (unpaired) electrons. The Balaban J connectivity index is 3.20. The lowest BCUT2D eigenvalue weighted by atomic mass is 10.1. The lowest BCUT2D eigenvalue weighted by Crippen LogP contribution is -2.18. The van der Waals surface area contributed by atoms with Crippen LogP contribution in [0.25, 0.3) is 0 Å². The van der Waals surface area contributed by atoms with Gasteiger partial charge in [-0.25, -0.2) is 5.48 Å². The number of hydrogen-bond donors (Lipinski definition) is 2. The summed E-state index contributed by atoms with van der Waals surface area (Å²) in [4.78, 5) is 20.8. The molecule has 1 aromatic carbocycles. The maximum absolute atomic E-state index is 11.0. The lowest BCUT2D eigenvalue weighted by molar-refractivity contribution is -0.384. The Kier molecular flexibility index (Phi) is 2.78. The van der Waals surface area contributed by atoms with Crippen LogP contribution in [0.15, 0.2) is 18.2 Å². The largest absolute Gasteiger partial charge is 0.288 e. The second-order valence-electron chi connectivity index (χ2n) is 2.76. The Morgan fingerprint density at radius 1 is 1.50 bits per heavy atom. The number of carbonyl (C=O) groups excluding carboxylic acids is 1. The number of benzene rings is 1. The fraction of sp³-hybridized carbons (Fsp3) is 0.125. The number of nitrogens with one attached hydrogen (secondary N) is 1. The molecule has 2 N–H and O–H groups in total. The van der Waals surface area contributed by atoms with E-state index in [1.165, 1.54) is 17.6 Å². The van der Waals surface area contributed by atoms with E-state index in [1.807, 2.05) is 0 Å². The highest BCUT2D eigenvalue weighted by atomic mass is 16.6. The summed E-state index contributed by atoms with van der Waals surface area (Å²) >= 11 is 0. The second-order valence-corrected chi connectivity index (χ2v) is 2.76. The Morgan fingerprint density at radius 2 is 2.14 bits per heavy atom. The van der Waals surface area contributed by atoms with Gasteiger partial charge in [-0.05, 0) is 18.6 Å². The quantitative estimate of drug-likeness (QED) is 0.419. The number of hydrogen-bond acceptors (Lipinski definition) is 4. The maximum atomic E-state index is 11.0. The second kappa shape index (κ2) is 3.84. The molecule has 0 fully saturated rings. The molecule has 0 aliphatic carbocycles.